The molecule has 0 saturated heterocycles. The summed E-state index contributed by atoms with van der Waals surface area (Å²) in [5.74, 6) is -0.355. The molecule has 0 aliphatic carbocycles. The molecule has 0 aliphatic rings. The average Bonchev–Trinajstić information content (AvgIpc) is 2.59. The van der Waals surface area contributed by atoms with Gasteiger partial charge in [-0.25, -0.2) is 4.79 Å². The largest absolute Gasteiger partial charge is 0.871 e. The van der Waals surface area contributed by atoms with Gasteiger partial charge >= 0.3 is 5.63 Å². The number of aliphatic hydroxyl groups excluding tert-OH is 1. The van der Waals surface area contributed by atoms with Crippen LogP contribution in [-0.2, 0) is 6.54 Å². The maximum absolute atomic E-state index is 12.4. The molecule has 24 heavy (non-hydrogen) atoms. The van der Waals surface area contributed by atoms with Crippen LogP contribution in [0.3, 0.4) is 0 Å². The lowest BCUT2D eigenvalue weighted by Gasteiger charge is -2.17. The van der Waals surface area contributed by atoms with E-state index in [1.54, 1.807) is 11.4 Å². The zero-order valence-electron chi connectivity index (χ0n) is 12.8. The maximum atomic E-state index is 12.4. The summed E-state index contributed by atoms with van der Waals surface area (Å²) in [4.78, 5) is 12.0. The number of benzene rings is 2. The molecule has 3 aromatic rings. The van der Waals surface area contributed by atoms with Crippen LogP contribution in [0.5, 0.6) is 5.75 Å². The van der Waals surface area contributed by atoms with Crippen LogP contribution in [0.2, 0.25) is 5.02 Å². The molecule has 1 heterocycles. The normalized spacial score (nSPS) is 11.1. The van der Waals surface area contributed by atoms with Crippen LogP contribution >= 0.6 is 11.6 Å². The molecule has 2 aromatic carbocycles. The highest BCUT2D eigenvalue weighted by atomic mass is 35.5. The minimum Gasteiger partial charge on any atom is -0.871 e. The summed E-state index contributed by atoms with van der Waals surface area (Å²) in [7, 11) is 0. The quantitative estimate of drug-likeness (QED) is 0.538. The second-order valence-corrected chi connectivity index (χ2v) is 5.80. The van der Waals surface area contributed by atoms with Gasteiger partial charge in [0.2, 0.25) is 0 Å². The molecule has 0 radical (unpaired) electrons. The summed E-state index contributed by atoms with van der Waals surface area (Å²) in [5.41, 5.74) is 1.58. The van der Waals surface area contributed by atoms with E-state index in [1.165, 1.54) is 6.07 Å². The van der Waals surface area contributed by atoms with Crippen LogP contribution in [0.25, 0.3) is 22.1 Å². The Hall–Kier alpha value is -2.34. The van der Waals surface area contributed by atoms with E-state index in [0.717, 1.165) is 5.56 Å². The summed E-state index contributed by atoms with van der Waals surface area (Å²) in [5, 5.41) is 23.7. The van der Waals surface area contributed by atoms with E-state index in [4.69, 9.17) is 21.1 Å². The molecule has 6 heteroatoms. The van der Waals surface area contributed by atoms with Gasteiger partial charge in [-0.15, -0.1) is 0 Å². The third-order valence-electron chi connectivity index (χ3n) is 3.80. The van der Waals surface area contributed by atoms with Crippen LogP contribution in [0.1, 0.15) is 5.56 Å². The first-order chi connectivity index (χ1) is 11.6. The predicted molar refractivity (Wildman–Crippen MR) is 90.0 cm³/mol. The molecule has 0 bridgehead atoms. The lowest BCUT2D eigenvalue weighted by Crippen LogP contribution is -2.83. The number of halogens is 1. The maximum Gasteiger partial charge on any atom is 0.336 e. The fourth-order valence-corrected chi connectivity index (χ4v) is 2.91. The van der Waals surface area contributed by atoms with Gasteiger partial charge in [0.25, 0.3) is 0 Å². The number of nitrogens with two attached hydrogens (primary N) is 1. The number of quaternary nitrogens is 1. The zero-order valence-corrected chi connectivity index (χ0v) is 13.5. The molecule has 3 rings (SSSR count). The van der Waals surface area contributed by atoms with Gasteiger partial charge < -0.3 is 19.9 Å². The van der Waals surface area contributed by atoms with Crippen molar-refractivity contribution < 1.29 is 19.9 Å². The molecule has 0 amide bonds. The van der Waals surface area contributed by atoms with Gasteiger partial charge in [-0.2, -0.15) is 0 Å². The molecule has 5 nitrogen and oxygen atoms in total. The van der Waals surface area contributed by atoms with Crippen molar-refractivity contribution in [2.45, 2.75) is 6.54 Å². The first-order valence-corrected chi connectivity index (χ1v) is 7.94. The number of aliphatic hydroxyl groups is 1. The zero-order chi connectivity index (χ0) is 17.1. The van der Waals surface area contributed by atoms with Crippen molar-refractivity contribution in [2.24, 2.45) is 0 Å². The van der Waals surface area contributed by atoms with Crippen LogP contribution in [0.15, 0.2) is 51.7 Å². The minimum atomic E-state index is -0.522. The Morgan fingerprint density at radius 3 is 2.67 bits per heavy atom. The Labute approximate surface area is 143 Å². The molecular formula is C18H16ClNO4. The van der Waals surface area contributed by atoms with E-state index in [9.17, 15) is 9.90 Å². The Bertz CT molecular complexity index is 922. The van der Waals surface area contributed by atoms with Gasteiger partial charge in [0, 0.05) is 22.0 Å². The van der Waals surface area contributed by atoms with E-state index >= 15 is 0 Å². The van der Waals surface area contributed by atoms with Gasteiger partial charge in [-0.1, -0.05) is 47.7 Å². The standard InChI is InChI=1S/C18H16ClNO4/c19-15-8-13-12(11-4-2-1-3-5-11)9-16(22)24-18(13)14(17(15)23)10-20-6-7-21/h1-5,8-9,20-21,23H,6-7,10H2. The van der Waals surface area contributed by atoms with Crippen LogP contribution in [0.4, 0.5) is 0 Å². The van der Waals surface area contributed by atoms with E-state index in [-0.39, 0.29) is 29.5 Å². The number of fused-ring (bicyclic) bond motifs is 1. The minimum absolute atomic E-state index is 0.00803. The smallest absolute Gasteiger partial charge is 0.336 e. The highest BCUT2D eigenvalue weighted by Crippen LogP contribution is 2.36. The molecule has 0 unspecified atom stereocenters. The fourth-order valence-electron chi connectivity index (χ4n) is 2.69. The summed E-state index contributed by atoms with van der Waals surface area (Å²) in [6.07, 6.45) is 0. The van der Waals surface area contributed by atoms with E-state index in [1.807, 2.05) is 30.3 Å². The van der Waals surface area contributed by atoms with Gasteiger partial charge in [0.1, 0.15) is 12.1 Å². The Kier molecular flexibility index (Phi) is 4.85. The first kappa shape index (κ1) is 16.5. The molecule has 3 N–H and O–H groups in total. The van der Waals surface area contributed by atoms with Crippen molar-refractivity contribution in [3.8, 4) is 16.9 Å². The van der Waals surface area contributed by atoms with Crippen molar-refractivity contribution in [2.75, 3.05) is 13.2 Å². The van der Waals surface area contributed by atoms with Crippen LogP contribution < -0.4 is 16.0 Å². The highest BCUT2D eigenvalue weighted by Gasteiger charge is 2.15. The van der Waals surface area contributed by atoms with Crippen molar-refractivity contribution in [3.63, 3.8) is 0 Å². The third kappa shape index (κ3) is 3.14. The second-order valence-electron chi connectivity index (χ2n) is 5.39. The number of rotatable bonds is 5. The molecule has 124 valence electrons. The van der Waals surface area contributed by atoms with E-state index in [2.05, 4.69) is 0 Å². The topological polar surface area (TPSA) is 90.1 Å². The van der Waals surface area contributed by atoms with Crippen molar-refractivity contribution in [1.29, 1.82) is 0 Å². The van der Waals surface area contributed by atoms with E-state index < -0.39 is 5.63 Å². The Morgan fingerprint density at radius 1 is 1.21 bits per heavy atom. The monoisotopic (exact) mass is 345 g/mol. The Morgan fingerprint density at radius 2 is 1.96 bits per heavy atom. The van der Waals surface area contributed by atoms with Gasteiger partial charge in [0.05, 0.1) is 13.2 Å². The molecule has 0 saturated carbocycles. The van der Waals surface area contributed by atoms with E-state index in [0.29, 0.717) is 23.1 Å². The van der Waals surface area contributed by atoms with Crippen LogP contribution in [0, 0.1) is 0 Å². The van der Waals surface area contributed by atoms with Crippen molar-refractivity contribution >= 4 is 22.6 Å². The molecule has 0 spiro atoms. The Balaban J connectivity index is 2.27. The predicted octanol–water partition coefficient (Wildman–Crippen LogP) is 1.24. The fraction of sp³-hybridized carbons (Fsp3) is 0.167. The van der Waals surface area contributed by atoms with Crippen LogP contribution in [-0.4, -0.2) is 18.3 Å². The number of hydrogen-bond acceptors (Lipinski definition) is 4. The lowest BCUT2D eigenvalue weighted by molar-refractivity contribution is -0.671. The summed E-state index contributed by atoms with van der Waals surface area (Å²) in [6, 6.07) is 12.3. The summed E-state index contributed by atoms with van der Waals surface area (Å²) < 4.78 is 5.32. The number of hydrogen-bond donors (Lipinski definition) is 2. The van der Waals surface area contributed by atoms with Crippen molar-refractivity contribution in [1.82, 2.24) is 0 Å². The SMILES string of the molecule is O=c1cc(-c2ccccc2)c2cc(Cl)c([O-])c(C[NH2+]CCO)c2o1. The molecule has 0 aliphatic heterocycles. The second kappa shape index (κ2) is 7.05. The van der Waals surface area contributed by atoms with Gasteiger partial charge in [-0.3, -0.25) is 0 Å². The summed E-state index contributed by atoms with van der Waals surface area (Å²) in [6.45, 7) is 0.708. The van der Waals surface area contributed by atoms with Gasteiger partial charge in [-0.05, 0) is 17.2 Å². The highest BCUT2D eigenvalue weighted by molar-refractivity contribution is 6.33. The third-order valence-corrected chi connectivity index (χ3v) is 4.08. The lowest BCUT2D eigenvalue weighted by atomic mass is 9.99. The molecule has 0 fully saturated rings. The molecular weight excluding hydrogens is 330 g/mol. The summed E-state index contributed by atoms with van der Waals surface area (Å²) >= 11 is 6.11. The first-order valence-electron chi connectivity index (χ1n) is 7.56. The molecule has 1 aromatic heterocycles. The average molecular weight is 346 g/mol. The molecule has 0 atom stereocenters. The van der Waals surface area contributed by atoms with Crippen molar-refractivity contribution in [3.05, 3.63) is 63.5 Å². The van der Waals surface area contributed by atoms with Gasteiger partial charge in [0.15, 0.2) is 0 Å².